The Balaban J connectivity index is 3.15. The Morgan fingerprint density at radius 1 is 1.58 bits per heavy atom. The molecule has 0 aliphatic carbocycles. The summed E-state index contributed by atoms with van der Waals surface area (Å²) in [6.45, 7) is 5.80. The average Bonchev–Trinajstić information content (AvgIpc) is 2.08. The first-order chi connectivity index (χ1) is 5.66. The van der Waals surface area contributed by atoms with Crippen LogP contribution >= 0.6 is 27.5 Å². The highest BCUT2D eigenvalue weighted by atomic mass is 79.9. The van der Waals surface area contributed by atoms with Crippen molar-refractivity contribution in [2.45, 2.75) is 12.8 Å². The van der Waals surface area contributed by atoms with Crippen molar-refractivity contribution in [1.82, 2.24) is 0 Å². The van der Waals surface area contributed by atoms with Crippen LogP contribution in [0.3, 0.4) is 0 Å². The van der Waals surface area contributed by atoms with E-state index in [-0.39, 0.29) is 0 Å². The number of halogens is 2. The Hall–Kier alpha value is -0.270. The summed E-state index contributed by atoms with van der Waals surface area (Å²) in [5, 5.41) is 0.782. The van der Waals surface area contributed by atoms with E-state index in [9.17, 15) is 0 Å². The fraction of sp³-hybridized carbons (Fsp3) is 0.200. The van der Waals surface area contributed by atoms with Gasteiger partial charge in [-0.2, -0.15) is 0 Å². The second-order valence-corrected chi connectivity index (χ2v) is 3.90. The molecule has 1 atom stereocenters. The lowest BCUT2D eigenvalue weighted by molar-refractivity contribution is 0.970. The van der Waals surface area contributed by atoms with Crippen LogP contribution < -0.4 is 0 Å². The lowest BCUT2D eigenvalue weighted by Crippen LogP contribution is -1.89. The van der Waals surface area contributed by atoms with Gasteiger partial charge < -0.3 is 0 Å². The summed E-state index contributed by atoms with van der Waals surface area (Å²) in [7, 11) is 0. The maximum absolute atomic E-state index is 6.07. The molecular weight excluding hydrogens is 235 g/mol. The molecule has 0 N–H and O–H groups in total. The molecule has 0 saturated heterocycles. The summed E-state index contributed by atoms with van der Waals surface area (Å²) in [4.78, 5) is 0. The van der Waals surface area contributed by atoms with Gasteiger partial charge in [-0.15, -0.1) is 6.58 Å². The molecule has 12 heavy (non-hydrogen) atoms. The standard InChI is InChI=1S/C10H10BrCl/c1-3-7(2)8-5-4-6-9(11)10(8)12/h3-7H,1H2,2H3. The zero-order valence-corrected chi connectivity index (χ0v) is 9.19. The number of allylic oxidation sites excluding steroid dienone is 1. The van der Waals surface area contributed by atoms with Gasteiger partial charge in [-0.25, -0.2) is 0 Å². The molecule has 0 nitrogen and oxygen atoms in total. The van der Waals surface area contributed by atoms with Gasteiger partial charge in [0.2, 0.25) is 0 Å². The molecule has 1 aromatic rings. The van der Waals surface area contributed by atoms with Gasteiger partial charge in [0, 0.05) is 10.4 Å². The SMILES string of the molecule is C=CC(C)c1cccc(Br)c1Cl. The Morgan fingerprint density at radius 2 is 2.25 bits per heavy atom. The molecule has 0 aliphatic heterocycles. The highest BCUT2D eigenvalue weighted by Gasteiger charge is 2.07. The smallest absolute Gasteiger partial charge is 0.0585 e. The molecule has 0 bridgehead atoms. The minimum atomic E-state index is 0.301. The van der Waals surface area contributed by atoms with Crippen LogP contribution in [0, 0.1) is 0 Å². The van der Waals surface area contributed by atoms with E-state index >= 15 is 0 Å². The zero-order chi connectivity index (χ0) is 9.14. The van der Waals surface area contributed by atoms with E-state index in [0.717, 1.165) is 15.1 Å². The normalized spacial score (nSPS) is 12.6. The van der Waals surface area contributed by atoms with Gasteiger partial charge in [-0.05, 0) is 27.6 Å². The van der Waals surface area contributed by atoms with Gasteiger partial charge in [-0.1, -0.05) is 36.7 Å². The molecule has 0 fully saturated rings. The zero-order valence-electron chi connectivity index (χ0n) is 6.85. The molecular formula is C10H10BrCl. The molecule has 0 radical (unpaired) electrons. The van der Waals surface area contributed by atoms with Crippen LogP contribution in [-0.2, 0) is 0 Å². The summed E-state index contributed by atoms with van der Waals surface area (Å²) in [6.07, 6.45) is 1.88. The molecule has 0 saturated carbocycles. The minimum absolute atomic E-state index is 0.301. The molecule has 0 aromatic heterocycles. The van der Waals surface area contributed by atoms with Crippen molar-refractivity contribution in [3.05, 3.63) is 45.9 Å². The second kappa shape index (κ2) is 4.11. The molecule has 0 amide bonds. The van der Waals surface area contributed by atoms with Gasteiger partial charge >= 0.3 is 0 Å². The van der Waals surface area contributed by atoms with Crippen LogP contribution in [0.15, 0.2) is 35.3 Å². The number of hydrogen-bond donors (Lipinski definition) is 0. The summed E-state index contributed by atoms with van der Waals surface area (Å²) in [6, 6.07) is 5.92. The monoisotopic (exact) mass is 244 g/mol. The molecule has 0 heterocycles. The Morgan fingerprint density at radius 3 is 2.83 bits per heavy atom. The molecule has 1 aromatic carbocycles. The Kier molecular flexibility index (Phi) is 3.36. The molecule has 0 spiro atoms. The van der Waals surface area contributed by atoms with Crippen LogP contribution in [0.25, 0.3) is 0 Å². The highest BCUT2D eigenvalue weighted by molar-refractivity contribution is 9.10. The maximum atomic E-state index is 6.07. The van der Waals surface area contributed by atoms with E-state index in [4.69, 9.17) is 11.6 Å². The van der Waals surface area contributed by atoms with Gasteiger partial charge in [0.15, 0.2) is 0 Å². The topological polar surface area (TPSA) is 0 Å². The van der Waals surface area contributed by atoms with Crippen molar-refractivity contribution < 1.29 is 0 Å². The van der Waals surface area contributed by atoms with Crippen LogP contribution in [0.1, 0.15) is 18.4 Å². The van der Waals surface area contributed by atoms with Crippen molar-refractivity contribution in [2.75, 3.05) is 0 Å². The van der Waals surface area contributed by atoms with Crippen LogP contribution in [0.4, 0.5) is 0 Å². The number of hydrogen-bond acceptors (Lipinski definition) is 0. The van der Waals surface area contributed by atoms with E-state index in [0.29, 0.717) is 5.92 Å². The van der Waals surface area contributed by atoms with Crippen LogP contribution in [0.2, 0.25) is 5.02 Å². The molecule has 64 valence electrons. The van der Waals surface area contributed by atoms with Crippen LogP contribution in [0.5, 0.6) is 0 Å². The first kappa shape index (κ1) is 9.82. The largest absolute Gasteiger partial charge is 0.102 e. The summed E-state index contributed by atoms with van der Waals surface area (Å²) in [5.41, 5.74) is 1.11. The first-order valence-corrected chi connectivity index (χ1v) is 4.90. The summed E-state index contributed by atoms with van der Waals surface area (Å²) in [5.74, 6) is 0.301. The molecule has 1 unspecified atom stereocenters. The van der Waals surface area contributed by atoms with E-state index in [1.807, 2.05) is 24.3 Å². The van der Waals surface area contributed by atoms with Gasteiger partial charge in [-0.3, -0.25) is 0 Å². The lowest BCUT2D eigenvalue weighted by atomic mass is 10.0. The third-order valence-electron chi connectivity index (χ3n) is 1.83. The third-order valence-corrected chi connectivity index (χ3v) is 3.14. The minimum Gasteiger partial charge on any atom is -0.102 e. The van der Waals surface area contributed by atoms with Crippen LogP contribution in [-0.4, -0.2) is 0 Å². The van der Waals surface area contributed by atoms with Gasteiger partial charge in [0.05, 0.1) is 5.02 Å². The van der Waals surface area contributed by atoms with E-state index < -0.39 is 0 Å². The molecule has 0 aliphatic rings. The lowest BCUT2D eigenvalue weighted by Gasteiger charge is -2.09. The van der Waals surface area contributed by atoms with Crippen molar-refractivity contribution in [2.24, 2.45) is 0 Å². The number of rotatable bonds is 2. The van der Waals surface area contributed by atoms with Gasteiger partial charge in [0.1, 0.15) is 0 Å². The average molecular weight is 246 g/mol. The van der Waals surface area contributed by atoms with Crippen molar-refractivity contribution in [3.8, 4) is 0 Å². The quantitative estimate of drug-likeness (QED) is 0.678. The van der Waals surface area contributed by atoms with Crippen molar-refractivity contribution in [3.63, 3.8) is 0 Å². The highest BCUT2D eigenvalue weighted by Crippen LogP contribution is 2.31. The molecule has 1 rings (SSSR count). The number of benzene rings is 1. The Bertz CT molecular complexity index is 294. The van der Waals surface area contributed by atoms with Crippen molar-refractivity contribution in [1.29, 1.82) is 0 Å². The molecule has 2 heteroatoms. The third kappa shape index (κ3) is 1.90. The summed E-state index contributed by atoms with van der Waals surface area (Å²) >= 11 is 9.45. The maximum Gasteiger partial charge on any atom is 0.0585 e. The fourth-order valence-electron chi connectivity index (χ4n) is 0.999. The van der Waals surface area contributed by atoms with Gasteiger partial charge in [0.25, 0.3) is 0 Å². The first-order valence-electron chi connectivity index (χ1n) is 3.73. The Labute approximate surface area is 86.4 Å². The summed E-state index contributed by atoms with van der Waals surface area (Å²) < 4.78 is 0.940. The van der Waals surface area contributed by atoms with E-state index in [1.165, 1.54) is 0 Å². The van der Waals surface area contributed by atoms with E-state index in [2.05, 4.69) is 29.4 Å². The second-order valence-electron chi connectivity index (χ2n) is 2.67. The van der Waals surface area contributed by atoms with Crippen molar-refractivity contribution >= 4 is 27.5 Å². The predicted molar refractivity (Wildman–Crippen MR) is 57.8 cm³/mol. The fourth-order valence-corrected chi connectivity index (χ4v) is 1.68. The predicted octanol–water partition coefficient (Wildman–Crippen LogP) is 4.39. The van der Waals surface area contributed by atoms with E-state index in [1.54, 1.807) is 0 Å².